The first-order chi connectivity index (χ1) is 9.29. The summed E-state index contributed by atoms with van der Waals surface area (Å²) < 4.78 is 53.3. The van der Waals surface area contributed by atoms with Gasteiger partial charge in [-0.1, -0.05) is 6.07 Å². The highest BCUT2D eigenvalue weighted by atomic mass is 32.2. The molecule has 0 aliphatic carbocycles. The molecule has 0 unspecified atom stereocenters. The highest BCUT2D eigenvalue weighted by Crippen LogP contribution is 2.23. The van der Waals surface area contributed by atoms with Gasteiger partial charge in [0.05, 0.1) is 5.69 Å². The van der Waals surface area contributed by atoms with Crippen molar-refractivity contribution in [2.75, 3.05) is 10.5 Å². The lowest BCUT2D eigenvalue weighted by molar-refractivity contribution is 0.570. The predicted octanol–water partition coefficient (Wildman–Crippen LogP) is 2.66. The summed E-state index contributed by atoms with van der Waals surface area (Å²) in [4.78, 5) is -0.590. The van der Waals surface area contributed by atoms with E-state index in [2.05, 4.69) is 0 Å². The maximum Gasteiger partial charge on any atom is 0.264 e. The van der Waals surface area contributed by atoms with Crippen LogP contribution in [0.15, 0.2) is 41.3 Å². The molecule has 0 spiro atoms. The molecule has 0 amide bonds. The summed E-state index contributed by atoms with van der Waals surface area (Å²) in [6, 6.07) is 7.12. The van der Waals surface area contributed by atoms with Crippen LogP contribution in [0, 0.1) is 18.6 Å². The van der Waals surface area contributed by atoms with Gasteiger partial charge in [-0.2, -0.15) is 0 Å². The van der Waals surface area contributed by atoms with Crippen LogP contribution in [-0.4, -0.2) is 8.42 Å². The average Bonchev–Trinajstić information content (AvgIpc) is 2.33. The van der Waals surface area contributed by atoms with E-state index in [0.29, 0.717) is 5.56 Å². The first kappa shape index (κ1) is 14.3. The molecule has 0 radical (unpaired) electrons. The quantitative estimate of drug-likeness (QED) is 0.856. The largest absolute Gasteiger partial charge is 0.399 e. The average molecular weight is 298 g/mol. The summed E-state index contributed by atoms with van der Waals surface area (Å²) in [5.41, 5.74) is 5.89. The Labute approximate surface area is 115 Å². The van der Waals surface area contributed by atoms with Crippen LogP contribution in [-0.2, 0) is 10.0 Å². The minimum Gasteiger partial charge on any atom is -0.399 e. The third kappa shape index (κ3) is 2.88. The van der Waals surface area contributed by atoms with E-state index >= 15 is 0 Å². The second-order valence-electron chi connectivity index (χ2n) is 4.28. The van der Waals surface area contributed by atoms with Gasteiger partial charge in [0.2, 0.25) is 0 Å². The molecule has 0 aliphatic rings. The maximum absolute atomic E-state index is 13.6. The first-order valence-electron chi connectivity index (χ1n) is 5.63. The topological polar surface area (TPSA) is 72.2 Å². The molecule has 0 heterocycles. The zero-order valence-electron chi connectivity index (χ0n) is 10.5. The molecule has 2 aromatic carbocycles. The number of aryl methyl sites for hydroxylation is 1. The van der Waals surface area contributed by atoms with Crippen LogP contribution in [0.5, 0.6) is 0 Å². The van der Waals surface area contributed by atoms with E-state index in [0.717, 1.165) is 18.2 Å². The number of halogens is 2. The highest BCUT2D eigenvalue weighted by Gasteiger charge is 2.20. The van der Waals surface area contributed by atoms with E-state index in [1.807, 2.05) is 4.72 Å². The Balaban J connectivity index is 2.43. The smallest absolute Gasteiger partial charge is 0.264 e. The number of anilines is 2. The summed E-state index contributed by atoms with van der Waals surface area (Å²) in [6.45, 7) is 1.68. The lowest BCUT2D eigenvalue weighted by atomic mass is 10.2. The molecule has 3 N–H and O–H groups in total. The summed E-state index contributed by atoms with van der Waals surface area (Å²) in [5, 5.41) is 0. The number of rotatable bonds is 3. The Hall–Kier alpha value is -2.15. The van der Waals surface area contributed by atoms with Crippen LogP contribution in [0.1, 0.15) is 5.56 Å². The molecule has 0 aliphatic heterocycles. The van der Waals surface area contributed by atoms with E-state index in [1.54, 1.807) is 6.92 Å². The van der Waals surface area contributed by atoms with Crippen LogP contribution >= 0.6 is 0 Å². The fourth-order valence-electron chi connectivity index (χ4n) is 1.65. The van der Waals surface area contributed by atoms with Gasteiger partial charge in [0.25, 0.3) is 10.0 Å². The van der Waals surface area contributed by atoms with Crippen molar-refractivity contribution in [3.8, 4) is 0 Å². The molecule has 0 atom stereocenters. The normalized spacial score (nSPS) is 11.3. The SMILES string of the molecule is Cc1ccc(F)c(NS(=O)(=O)c2ccc(N)cc2F)c1. The highest BCUT2D eigenvalue weighted by molar-refractivity contribution is 7.92. The van der Waals surface area contributed by atoms with Crippen molar-refractivity contribution in [3.63, 3.8) is 0 Å². The minimum absolute atomic E-state index is 0.100. The number of hydrogen-bond donors (Lipinski definition) is 2. The van der Waals surface area contributed by atoms with Gasteiger partial charge < -0.3 is 5.73 Å². The van der Waals surface area contributed by atoms with Crippen molar-refractivity contribution in [3.05, 3.63) is 53.6 Å². The summed E-state index contributed by atoms with van der Waals surface area (Å²) in [7, 11) is -4.22. The number of nitrogens with one attached hydrogen (secondary N) is 1. The molecule has 2 rings (SSSR count). The standard InChI is InChI=1S/C13H12F2N2O2S/c1-8-2-4-10(14)12(6-8)17-20(18,19)13-5-3-9(16)7-11(13)15/h2-7,17H,16H2,1H3. The molecule has 7 heteroatoms. The van der Waals surface area contributed by atoms with Crippen molar-refractivity contribution in [1.29, 1.82) is 0 Å². The Morgan fingerprint density at radius 3 is 2.40 bits per heavy atom. The molecule has 0 bridgehead atoms. The zero-order valence-corrected chi connectivity index (χ0v) is 11.3. The van der Waals surface area contributed by atoms with E-state index in [4.69, 9.17) is 5.73 Å². The molecule has 2 aromatic rings. The molecule has 0 saturated carbocycles. The third-order valence-electron chi connectivity index (χ3n) is 2.61. The molecular weight excluding hydrogens is 286 g/mol. The van der Waals surface area contributed by atoms with Crippen molar-refractivity contribution in [2.45, 2.75) is 11.8 Å². The fraction of sp³-hybridized carbons (Fsp3) is 0.0769. The molecule has 4 nitrogen and oxygen atoms in total. The number of nitrogens with two attached hydrogens (primary N) is 1. The van der Waals surface area contributed by atoms with Crippen molar-refractivity contribution in [1.82, 2.24) is 0 Å². The molecule has 0 fully saturated rings. The lowest BCUT2D eigenvalue weighted by Gasteiger charge is -2.10. The second kappa shape index (κ2) is 5.09. The van der Waals surface area contributed by atoms with Crippen molar-refractivity contribution < 1.29 is 17.2 Å². The van der Waals surface area contributed by atoms with Gasteiger partial charge in [-0.15, -0.1) is 0 Å². The second-order valence-corrected chi connectivity index (χ2v) is 5.93. The van der Waals surface area contributed by atoms with Crippen molar-refractivity contribution in [2.24, 2.45) is 0 Å². The number of sulfonamides is 1. The monoisotopic (exact) mass is 298 g/mol. The summed E-state index contributed by atoms with van der Waals surface area (Å²) in [6.07, 6.45) is 0. The lowest BCUT2D eigenvalue weighted by Crippen LogP contribution is -2.15. The molecular formula is C13H12F2N2O2S. The molecule has 0 saturated heterocycles. The van der Waals surface area contributed by atoms with Crippen LogP contribution in [0.3, 0.4) is 0 Å². The van der Waals surface area contributed by atoms with Gasteiger partial charge in [0.15, 0.2) is 0 Å². The fourth-order valence-corrected chi connectivity index (χ4v) is 2.77. The summed E-state index contributed by atoms with van der Waals surface area (Å²) in [5.74, 6) is -1.74. The maximum atomic E-state index is 13.6. The van der Waals surface area contributed by atoms with Crippen LogP contribution in [0.2, 0.25) is 0 Å². The number of nitrogen functional groups attached to an aromatic ring is 1. The number of hydrogen-bond acceptors (Lipinski definition) is 3. The van der Waals surface area contributed by atoms with Gasteiger partial charge in [-0.3, -0.25) is 4.72 Å². The van der Waals surface area contributed by atoms with Gasteiger partial charge in [0, 0.05) is 5.69 Å². The molecule has 20 heavy (non-hydrogen) atoms. The predicted molar refractivity (Wildman–Crippen MR) is 72.8 cm³/mol. The van der Waals surface area contributed by atoms with E-state index in [-0.39, 0.29) is 11.4 Å². The first-order valence-corrected chi connectivity index (χ1v) is 7.12. The minimum atomic E-state index is -4.22. The van der Waals surface area contributed by atoms with Gasteiger partial charge in [0.1, 0.15) is 16.5 Å². The van der Waals surface area contributed by atoms with Crippen molar-refractivity contribution >= 4 is 21.4 Å². The zero-order chi connectivity index (χ0) is 14.9. The van der Waals surface area contributed by atoms with Gasteiger partial charge in [-0.05, 0) is 42.8 Å². The van der Waals surface area contributed by atoms with Crippen LogP contribution in [0.4, 0.5) is 20.2 Å². The molecule has 0 aromatic heterocycles. The Bertz CT molecular complexity index is 761. The Morgan fingerprint density at radius 2 is 1.75 bits per heavy atom. The Morgan fingerprint density at radius 1 is 1.05 bits per heavy atom. The summed E-state index contributed by atoms with van der Waals surface area (Å²) >= 11 is 0. The van der Waals surface area contributed by atoms with E-state index in [9.17, 15) is 17.2 Å². The van der Waals surface area contributed by atoms with Crippen LogP contribution < -0.4 is 10.5 Å². The van der Waals surface area contributed by atoms with Gasteiger partial charge >= 0.3 is 0 Å². The van der Waals surface area contributed by atoms with Crippen LogP contribution in [0.25, 0.3) is 0 Å². The van der Waals surface area contributed by atoms with Gasteiger partial charge in [-0.25, -0.2) is 17.2 Å². The van der Waals surface area contributed by atoms with E-state index < -0.39 is 26.6 Å². The number of benzene rings is 2. The molecule has 106 valence electrons. The Kier molecular flexibility index (Phi) is 3.63. The third-order valence-corrected chi connectivity index (χ3v) is 4.01. The van der Waals surface area contributed by atoms with E-state index in [1.165, 1.54) is 18.2 Å².